The standard InChI is InChI=1S/C21H27NO2S/c1-17-12-14-20(15-13-17)25(23,24)22-16-21(18-8-4-2-5-9-18)19-10-6-3-7-11-19/h2,4-5,8-9,12-15,19,21-22H,3,6-7,10-11,16H2,1H3/t21-/m1/s1. The zero-order chi connectivity index (χ0) is 17.7. The van der Waals surface area contributed by atoms with Gasteiger partial charge in [0.15, 0.2) is 0 Å². The fourth-order valence-electron chi connectivity index (χ4n) is 3.79. The fraction of sp³-hybridized carbons (Fsp3) is 0.429. The molecule has 2 aromatic rings. The lowest BCUT2D eigenvalue weighted by Crippen LogP contribution is -2.32. The van der Waals surface area contributed by atoms with E-state index in [1.807, 2.05) is 37.3 Å². The Balaban J connectivity index is 1.77. The van der Waals surface area contributed by atoms with Crippen molar-refractivity contribution < 1.29 is 8.42 Å². The van der Waals surface area contributed by atoms with Crippen LogP contribution >= 0.6 is 0 Å². The van der Waals surface area contributed by atoms with Crippen LogP contribution in [0.5, 0.6) is 0 Å². The van der Waals surface area contributed by atoms with Gasteiger partial charge in [0, 0.05) is 12.5 Å². The van der Waals surface area contributed by atoms with Gasteiger partial charge in [-0.05, 0) is 43.4 Å². The Labute approximate surface area is 151 Å². The number of benzene rings is 2. The average Bonchev–Trinajstić information content (AvgIpc) is 2.64. The van der Waals surface area contributed by atoms with Crippen molar-refractivity contribution in [2.75, 3.05) is 6.54 Å². The van der Waals surface area contributed by atoms with E-state index in [2.05, 4.69) is 16.9 Å². The van der Waals surface area contributed by atoms with Gasteiger partial charge in [-0.1, -0.05) is 67.3 Å². The lowest BCUT2D eigenvalue weighted by Gasteiger charge is -2.31. The van der Waals surface area contributed by atoms with Gasteiger partial charge >= 0.3 is 0 Å². The molecule has 134 valence electrons. The van der Waals surface area contributed by atoms with E-state index < -0.39 is 10.0 Å². The summed E-state index contributed by atoms with van der Waals surface area (Å²) in [6.45, 7) is 2.42. The smallest absolute Gasteiger partial charge is 0.211 e. The monoisotopic (exact) mass is 357 g/mol. The van der Waals surface area contributed by atoms with Crippen molar-refractivity contribution in [3.05, 3.63) is 65.7 Å². The number of aryl methyl sites for hydroxylation is 1. The second kappa shape index (κ2) is 8.15. The Morgan fingerprint density at radius 3 is 2.24 bits per heavy atom. The maximum atomic E-state index is 12.7. The summed E-state index contributed by atoms with van der Waals surface area (Å²) in [5.74, 6) is 0.790. The highest BCUT2D eigenvalue weighted by molar-refractivity contribution is 7.89. The van der Waals surface area contributed by atoms with Gasteiger partial charge in [-0.2, -0.15) is 0 Å². The van der Waals surface area contributed by atoms with Gasteiger partial charge in [0.25, 0.3) is 0 Å². The molecular weight excluding hydrogens is 330 g/mol. The molecule has 3 nitrogen and oxygen atoms in total. The lowest BCUT2D eigenvalue weighted by molar-refractivity contribution is 0.303. The summed E-state index contributed by atoms with van der Waals surface area (Å²) in [6, 6.07) is 17.4. The summed E-state index contributed by atoms with van der Waals surface area (Å²) in [5.41, 5.74) is 2.30. The largest absolute Gasteiger partial charge is 0.240 e. The summed E-state index contributed by atoms with van der Waals surface area (Å²) >= 11 is 0. The van der Waals surface area contributed by atoms with E-state index in [-0.39, 0.29) is 5.92 Å². The molecule has 0 aromatic heterocycles. The van der Waals surface area contributed by atoms with Crippen molar-refractivity contribution in [2.45, 2.75) is 49.8 Å². The molecule has 25 heavy (non-hydrogen) atoms. The molecule has 0 unspecified atom stereocenters. The van der Waals surface area contributed by atoms with E-state index in [9.17, 15) is 8.42 Å². The topological polar surface area (TPSA) is 46.2 Å². The third-order valence-electron chi connectivity index (χ3n) is 5.27. The maximum absolute atomic E-state index is 12.7. The molecule has 3 rings (SSSR count). The second-order valence-corrected chi connectivity index (χ2v) is 8.85. The molecule has 0 amide bonds. The molecule has 2 aromatic carbocycles. The van der Waals surface area contributed by atoms with Crippen molar-refractivity contribution in [1.29, 1.82) is 0 Å². The van der Waals surface area contributed by atoms with Crippen LogP contribution in [0.15, 0.2) is 59.5 Å². The van der Waals surface area contributed by atoms with Crippen LogP contribution in [0.1, 0.15) is 49.1 Å². The van der Waals surface area contributed by atoms with Crippen molar-refractivity contribution in [3.8, 4) is 0 Å². The number of hydrogen-bond acceptors (Lipinski definition) is 2. The van der Waals surface area contributed by atoms with Crippen LogP contribution in [0, 0.1) is 12.8 Å². The first-order chi connectivity index (χ1) is 12.1. The first kappa shape index (κ1) is 18.2. The SMILES string of the molecule is Cc1ccc(S(=O)(=O)NC[C@H](c2ccccc2)C2CCCCC2)cc1. The fourth-order valence-corrected chi connectivity index (χ4v) is 4.85. The number of rotatable bonds is 6. The van der Waals surface area contributed by atoms with Crippen LogP contribution in [-0.2, 0) is 10.0 Å². The van der Waals surface area contributed by atoms with E-state index >= 15 is 0 Å². The molecule has 1 N–H and O–H groups in total. The Hall–Kier alpha value is -1.65. The van der Waals surface area contributed by atoms with Crippen molar-refractivity contribution in [1.82, 2.24) is 4.72 Å². The minimum Gasteiger partial charge on any atom is -0.211 e. The molecule has 0 heterocycles. The maximum Gasteiger partial charge on any atom is 0.240 e. The minimum absolute atomic E-state index is 0.238. The van der Waals surface area contributed by atoms with Gasteiger partial charge < -0.3 is 0 Å². The molecule has 1 aliphatic rings. The Morgan fingerprint density at radius 1 is 0.960 bits per heavy atom. The van der Waals surface area contributed by atoms with E-state index in [0.29, 0.717) is 17.4 Å². The summed E-state index contributed by atoms with van der Waals surface area (Å²) in [6.07, 6.45) is 6.17. The quantitative estimate of drug-likeness (QED) is 0.819. The third-order valence-corrected chi connectivity index (χ3v) is 6.71. The second-order valence-electron chi connectivity index (χ2n) is 7.08. The summed E-state index contributed by atoms with van der Waals surface area (Å²) in [7, 11) is -3.47. The van der Waals surface area contributed by atoms with E-state index in [0.717, 1.165) is 5.56 Å². The molecule has 1 fully saturated rings. The number of hydrogen-bond donors (Lipinski definition) is 1. The van der Waals surface area contributed by atoms with E-state index in [1.54, 1.807) is 12.1 Å². The van der Waals surface area contributed by atoms with Crippen LogP contribution in [0.2, 0.25) is 0 Å². The molecule has 0 radical (unpaired) electrons. The van der Waals surface area contributed by atoms with Gasteiger partial charge in [0.1, 0.15) is 0 Å². The third kappa shape index (κ3) is 4.71. The molecule has 4 heteroatoms. The normalized spacial score (nSPS) is 17.3. The summed E-state index contributed by atoms with van der Waals surface area (Å²) in [5, 5.41) is 0. The Kier molecular flexibility index (Phi) is 5.92. The Bertz CT molecular complexity index is 763. The van der Waals surface area contributed by atoms with Crippen molar-refractivity contribution in [3.63, 3.8) is 0 Å². The van der Waals surface area contributed by atoms with Crippen LogP contribution in [0.4, 0.5) is 0 Å². The van der Waals surface area contributed by atoms with Gasteiger partial charge in [-0.3, -0.25) is 0 Å². The predicted octanol–water partition coefficient (Wildman–Crippen LogP) is 4.64. The van der Waals surface area contributed by atoms with Crippen molar-refractivity contribution >= 4 is 10.0 Å². The van der Waals surface area contributed by atoms with Crippen LogP contribution < -0.4 is 4.72 Å². The molecular formula is C21H27NO2S. The zero-order valence-corrected chi connectivity index (χ0v) is 15.6. The van der Waals surface area contributed by atoms with E-state index in [1.165, 1.54) is 37.7 Å². The van der Waals surface area contributed by atoms with E-state index in [4.69, 9.17) is 0 Å². The van der Waals surface area contributed by atoms with Gasteiger partial charge in [0.2, 0.25) is 10.0 Å². The van der Waals surface area contributed by atoms with Gasteiger partial charge in [0.05, 0.1) is 4.90 Å². The first-order valence-electron chi connectivity index (χ1n) is 9.17. The van der Waals surface area contributed by atoms with Crippen molar-refractivity contribution in [2.24, 2.45) is 5.92 Å². The highest BCUT2D eigenvalue weighted by Gasteiger charge is 2.26. The minimum atomic E-state index is -3.47. The highest BCUT2D eigenvalue weighted by atomic mass is 32.2. The summed E-state index contributed by atoms with van der Waals surface area (Å²) < 4.78 is 28.2. The lowest BCUT2D eigenvalue weighted by atomic mass is 9.77. The number of nitrogens with one attached hydrogen (secondary N) is 1. The molecule has 1 saturated carbocycles. The predicted molar refractivity (Wildman–Crippen MR) is 102 cm³/mol. The zero-order valence-electron chi connectivity index (χ0n) is 14.8. The summed E-state index contributed by atoms with van der Waals surface area (Å²) in [4.78, 5) is 0.341. The highest BCUT2D eigenvalue weighted by Crippen LogP contribution is 2.35. The molecule has 0 spiro atoms. The van der Waals surface area contributed by atoms with Crippen LogP contribution in [-0.4, -0.2) is 15.0 Å². The number of sulfonamides is 1. The van der Waals surface area contributed by atoms with Gasteiger partial charge in [-0.25, -0.2) is 13.1 Å². The first-order valence-corrected chi connectivity index (χ1v) is 10.7. The average molecular weight is 358 g/mol. The molecule has 0 saturated heterocycles. The molecule has 1 atom stereocenters. The Morgan fingerprint density at radius 2 is 1.60 bits per heavy atom. The molecule has 0 bridgehead atoms. The van der Waals surface area contributed by atoms with Crippen LogP contribution in [0.25, 0.3) is 0 Å². The van der Waals surface area contributed by atoms with Gasteiger partial charge in [-0.15, -0.1) is 0 Å². The van der Waals surface area contributed by atoms with Crippen LogP contribution in [0.3, 0.4) is 0 Å². The molecule has 1 aliphatic carbocycles. The molecule has 0 aliphatic heterocycles.